The van der Waals surface area contributed by atoms with Gasteiger partial charge in [0.15, 0.2) is 0 Å². The fraction of sp³-hybridized carbons (Fsp3) is 0.357. The van der Waals surface area contributed by atoms with Gasteiger partial charge in [0.1, 0.15) is 0 Å². The van der Waals surface area contributed by atoms with Crippen molar-refractivity contribution in [2.45, 2.75) is 24.9 Å². The van der Waals surface area contributed by atoms with E-state index in [1.54, 1.807) is 12.1 Å². The molecule has 0 saturated heterocycles. The van der Waals surface area contributed by atoms with E-state index in [2.05, 4.69) is 20.3 Å². The van der Waals surface area contributed by atoms with Crippen LogP contribution in [0.4, 0.5) is 19.1 Å². The number of carbonyl (C=O) groups excluding carboxylic acids is 1. The average molecular weight is 362 g/mol. The van der Waals surface area contributed by atoms with Gasteiger partial charge in [-0.2, -0.15) is 13.2 Å². The Balaban J connectivity index is 0.00000208. The van der Waals surface area contributed by atoms with Gasteiger partial charge in [-0.25, -0.2) is 9.97 Å². The number of nitrogen functional groups attached to an aromatic ring is 1. The summed E-state index contributed by atoms with van der Waals surface area (Å²) in [6.07, 6.45) is -3.75. The Morgan fingerprint density at radius 1 is 1.38 bits per heavy atom. The van der Waals surface area contributed by atoms with E-state index >= 15 is 0 Å². The summed E-state index contributed by atoms with van der Waals surface area (Å²) in [7, 11) is 0. The number of nitrogens with zero attached hydrogens (tertiary/aromatic N) is 2. The third-order valence-electron chi connectivity index (χ3n) is 3.74. The first-order valence-electron chi connectivity index (χ1n) is 7.00. The molecule has 0 aliphatic carbocycles. The molecule has 2 aromatic rings. The molecule has 1 unspecified atom stereocenters. The van der Waals surface area contributed by atoms with Gasteiger partial charge in [-0.05, 0) is 18.6 Å². The summed E-state index contributed by atoms with van der Waals surface area (Å²) in [5, 5.41) is 2.62. The smallest absolute Gasteiger partial charge is 0.368 e. The Morgan fingerprint density at radius 2 is 2.12 bits per heavy atom. The van der Waals surface area contributed by atoms with Crippen LogP contribution in [0.25, 0.3) is 11.4 Å². The second-order valence-corrected chi connectivity index (χ2v) is 5.37. The molecule has 2 aromatic heterocycles. The van der Waals surface area contributed by atoms with Crippen LogP contribution in [0.2, 0.25) is 0 Å². The molecule has 1 aliphatic heterocycles. The summed E-state index contributed by atoms with van der Waals surface area (Å²) < 4.78 is 37.3. The zero-order chi connectivity index (χ0) is 16.6. The highest BCUT2D eigenvalue weighted by atomic mass is 35.5. The zero-order valence-corrected chi connectivity index (χ0v) is 13.2. The van der Waals surface area contributed by atoms with Crippen molar-refractivity contribution in [3.8, 4) is 11.4 Å². The monoisotopic (exact) mass is 361 g/mol. The molecule has 0 radical (unpaired) electrons. The van der Waals surface area contributed by atoms with Gasteiger partial charge in [0.25, 0.3) is 5.91 Å². The fourth-order valence-corrected chi connectivity index (χ4v) is 2.64. The highest BCUT2D eigenvalue weighted by Crippen LogP contribution is 2.34. The SMILES string of the molecule is Cl.Nc1nccc(-c2cc3c([nH]2)C(CCC(F)(F)F)CNC3=O)n1. The van der Waals surface area contributed by atoms with E-state index in [1.165, 1.54) is 6.20 Å². The molecule has 0 fully saturated rings. The maximum Gasteiger partial charge on any atom is 0.389 e. The number of aromatic amines is 1. The van der Waals surface area contributed by atoms with Gasteiger partial charge >= 0.3 is 6.18 Å². The van der Waals surface area contributed by atoms with Gasteiger partial charge in [-0.1, -0.05) is 0 Å². The first-order valence-corrected chi connectivity index (χ1v) is 7.00. The van der Waals surface area contributed by atoms with Crippen LogP contribution < -0.4 is 11.1 Å². The first-order chi connectivity index (χ1) is 10.8. The Morgan fingerprint density at radius 3 is 2.79 bits per heavy atom. The van der Waals surface area contributed by atoms with E-state index in [4.69, 9.17) is 5.73 Å². The third kappa shape index (κ3) is 3.78. The number of aromatic nitrogens is 3. The van der Waals surface area contributed by atoms with Crippen molar-refractivity contribution < 1.29 is 18.0 Å². The Hall–Kier alpha value is -2.29. The van der Waals surface area contributed by atoms with Crippen molar-refractivity contribution in [2.75, 3.05) is 12.3 Å². The minimum atomic E-state index is -4.22. The van der Waals surface area contributed by atoms with Gasteiger partial charge in [-0.3, -0.25) is 4.79 Å². The number of anilines is 1. The molecule has 24 heavy (non-hydrogen) atoms. The molecule has 1 amide bonds. The predicted octanol–water partition coefficient (Wildman–Crippen LogP) is 2.65. The number of hydrogen-bond donors (Lipinski definition) is 3. The van der Waals surface area contributed by atoms with Gasteiger partial charge in [-0.15, -0.1) is 12.4 Å². The fourth-order valence-electron chi connectivity index (χ4n) is 2.64. The van der Waals surface area contributed by atoms with E-state index in [-0.39, 0.29) is 37.2 Å². The van der Waals surface area contributed by atoms with Gasteiger partial charge < -0.3 is 16.0 Å². The predicted molar refractivity (Wildman–Crippen MR) is 83.8 cm³/mol. The number of amides is 1. The number of carbonyl (C=O) groups is 1. The van der Waals surface area contributed by atoms with E-state index in [0.717, 1.165) is 0 Å². The van der Waals surface area contributed by atoms with Crippen molar-refractivity contribution in [3.63, 3.8) is 0 Å². The highest BCUT2D eigenvalue weighted by molar-refractivity contribution is 5.98. The number of H-pyrrole nitrogens is 1. The van der Waals surface area contributed by atoms with Crippen molar-refractivity contribution in [2.24, 2.45) is 0 Å². The van der Waals surface area contributed by atoms with Crippen LogP contribution in [0, 0.1) is 0 Å². The molecule has 0 bridgehead atoms. The second-order valence-electron chi connectivity index (χ2n) is 5.37. The van der Waals surface area contributed by atoms with Gasteiger partial charge in [0.05, 0.1) is 17.0 Å². The van der Waals surface area contributed by atoms with Crippen LogP contribution in [0.3, 0.4) is 0 Å². The summed E-state index contributed by atoms with van der Waals surface area (Å²) >= 11 is 0. The number of alkyl halides is 3. The maximum atomic E-state index is 12.4. The molecule has 0 spiro atoms. The average Bonchev–Trinajstić information content (AvgIpc) is 2.92. The van der Waals surface area contributed by atoms with Crippen LogP contribution in [0.1, 0.15) is 34.8 Å². The quantitative estimate of drug-likeness (QED) is 0.783. The zero-order valence-electron chi connectivity index (χ0n) is 12.4. The summed E-state index contributed by atoms with van der Waals surface area (Å²) in [6.45, 7) is 0.174. The Labute approximate surface area is 141 Å². The molecule has 3 rings (SSSR count). The van der Waals surface area contributed by atoms with Crippen LogP contribution in [0.5, 0.6) is 0 Å². The van der Waals surface area contributed by atoms with E-state index in [1.807, 2.05) is 0 Å². The van der Waals surface area contributed by atoms with Crippen LogP contribution in [-0.2, 0) is 0 Å². The summed E-state index contributed by atoms with van der Waals surface area (Å²) in [4.78, 5) is 22.8. The van der Waals surface area contributed by atoms with Crippen molar-refractivity contribution in [1.82, 2.24) is 20.3 Å². The lowest BCUT2D eigenvalue weighted by Gasteiger charge is -2.23. The molecule has 4 N–H and O–H groups in total. The number of nitrogens with one attached hydrogen (secondary N) is 2. The molecular formula is C14H15ClF3N5O. The van der Waals surface area contributed by atoms with Crippen molar-refractivity contribution in [3.05, 3.63) is 29.6 Å². The van der Waals surface area contributed by atoms with Crippen molar-refractivity contribution >= 4 is 24.3 Å². The van der Waals surface area contributed by atoms with Gasteiger partial charge in [0, 0.05) is 30.8 Å². The molecule has 0 aromatic carbocycles. The highest BCUT2D eigenvalue weighted by Gasteiger charge is 2.33. The number of fused-ring (bicyclic) bond motifs is 1. The second kappa shape index (κ2) is 6.68. The topological polar surface area (TPSA) is 96.7 Å². The van der Waals surface area contributed by atoms with Crippen LogP contribution >= 0.6 is 12.4 Å². The van der Waals surface area contributed by atoms with E-state index < -0.39 is 18.5 Å². The molecule has 0 saturated carbocycles. The third-order valence-corrected chi connectivity index (χ3v) is 3.74. The molecule has 6 nitrogen and oxygen atoms in total. The van der Waals surface area contributed by atoms with E-state index in [0.29, 0.717) is 22.6 Å². The lowest BCUT2D eigenvalue weighted by atomic mass is 9.93. The van der Waals surface area contributed by atoms with Crippen LogP contribution in [0.15, 0.2) is 18.3 Å². The Kier molecular flexibility index (Phi) is 5.02. The molecule has 1 aliphatic rings. The lowest BCUT2D eigenvalue weighted by molar-refractivity contribution is -0.136. The van der Waals surface area contributed by atoms with Crippen LogP contribution in [-0.4, -0.2) is 33.6 Å². The largest absolute Gasteiger partial charge is 0.389 e. The summed E-state index contributed by atoms with van der Waals surface area (Å²) in [5.41, 5.74) is 7.38. The first kappa shape index (κ1) is 18.1. The number of halogens is 4. The minimum absolute atomic E-state index is 0. The normalized spacial score (nSPS) is 17.0. The summed E-state index contributed by atoms with van der Waals surface area (Å²) in [5.74, 6) is -0.654. The molecule has 1 atom stereocenters. The molecule has 10 heteroatoms. The minimum Gasteiger partial charge on any atom is -0.368 e. The van der Waals surface area contributed by atoms with Gasteiger partial charge in [0.2, 0.25) is 5.95 Å². The van der Waals surface area contributed by atoms with E-state index in [9.17, 15) is 18.0 Å². The molecule has 3 heterocycles. The molecular weight excluding hydrogens is 347 g/mol. The standard InChI is InChI=1S/C14H14F3N5O.ClH/c15-14(16,17)3-1-7-6-20-12(23)8-5-10(21-11(7)8)9-2-4-19-13(18)22-9;/h2,4-5,7,21H,1,3,6H2,(H,20,23)(H2,18,19,22);1H. The number of hydrogen-bond acceptors (Lipinski definition) is 4. The van der Waals surface area contributed by atoms with Crippen molar-refractivity contribution in [1.29, 1.82) is 0 Å². The number of nitrogens with two attached hydrogens (primary N) is 1. The lowest BCUT2D eigenvalue weighted by Crippen LogP contribution is -2.35. The Bertz CT molecular complexity index is 746. The number of rotatable bonds is 3. The molecule has 130 valence electrons. The summed E-state index contributed by atoms with van der Waals surface area (Å²) in [6, 6.07) is 3.18. The maximum absolute atomic E-state index is 12.4.